The molecule has 0 aromatic heterocycles. The molecule has 0 radical (unpaired) electrons. The van der Waals surface area contributed by atoms with Crippen LogP contribution in [-0.4, -0.2) is 49.3 Å². The van der Waals surface area contributed by atoms with Crippen LogP contribution in [-0.2, 0) is 0 Å². The lowest BCUT2D eigenvalue weighted by atomic mass is 10.2. The van der Waals surface area contributed by atoms with Crippen LogP contribution < -0.4 is 5.32 Å². The van der Waals surface area contributed by atoms with Gasteiger partial charge in [-0.1, -0.05) is 0 Å². The van der Waals surface area contributed by atoms with Crippen LogP contribution in [0.4, 0.5) is 0 Å². The van der Waals surface area contributed by atoms with E-state index in [2.05, 4.69) is 10.2 Å². The van der Waals surface area contributed by atoms with E-state index in [0.717, 1.165) is 13.1 Å². The van der Waals surface area contributed by atoms with E-state index in [0.29, 0.717) is 0 Å². The van der Waals surface area contributed by atoms with Gasteiger partial charge in [0.1, 0.15) is 0 Å². The molecule has 0 aliphatic carbocycles. The summed E-state index contributed by atoms with van der Waals surface area (Å²) in [5.41, 5.74) is 0. The monoisotopic (exact) mass is 160 g/mol. The van der Waals surface area contributed by atoms with Gasteiger partial charge in [-0.05, 0) is 27.9 Å². The third-order valence-corrected chi connectivity index (χ3v) is 2.11. The van der Waals surface area contributed by atoms with Gasteiger partial charge in [0.2, 0.25) is 0 Å². The molecule has 0 aliphatic heterocycles. The number of rotatable bonds is 5. The normalized spacial score (nSPS) is 16.9. The molecule has 3 nitrogen and oxygen atoms in total. The first-order valence-corrected chi connectivity index (χ1v) is 4.12. The molecule has 0 aliphatic rings. The summed E-state index contributed by atoms with van der Waals surface area (Å²) >= 11 is 0. The van der Waals surface area contributed by atoms with Gasteiger partial charge in [-0.3, -0.25) is 4.90 Å². The fraction of sp³-hybridized carbons (Fsp3) is 1.00. The molecular formula is C8H20N2O. The van der Waals surface area contributed by atoms with Crippen LogP contribution >= 0.6 is 0 Å². The van der Waals surface area contributed by atoms with Crippen molar-refractivity contribution in [2.75, 3.05) is 27.2 Å². The van der Waals surface area contributed by atoms with Crippen LogP contribution in [0.5, 0.6) is 0 Å². The molecule has 0 saturated heterocycles. The van der Waals surface area contributed by atoms with Gasteiger partial charge in [0, 0.05) is 19.1 Å². The first-order valence-electron chi connectivity index (χ1n) is 4.12. The summed E-state index contributed by atoms with van der Waals surface area (Å²) in [6.45, 7) is 5.79. The van der Waals surface area contributed by atoms with E-state index in [9.17, 15) is 5.11 Å². The van der Waals surface area contributed by atoms with E-state index in [4.69, 9.17) is 0 Å². The van der Waals surface area contributed by atoms with Crippen LogP contribution in [0.3, 0.4) is 0 Å². The first-order chi connectivity index (χ1) is 5.09. The zero-order chi connectivity index (χ0) is 8.85. The van der Waals surface area contributed by atoms with Crippen molar-refractivity contribution >= 4 is 0 Å². The Balaban J connectivity index is 3.55. The van der Waals surface area contributed by atoms with Crippen molar-refractivity contribution in [3.63, 3.8) is 0 Å². The maximum absolute atomic E-state index is 9.23. The Morgan fingerprint density at radius 2 is 2.00 bits per heavy atom. The number of hydrogen-bond acceptors (Lipinski definition) is 3. The van der Waals surface area contributed by atoms with Gasteiger partial charge >= 0.3 is 0 Å². The summed E-state index contributed by atoms with van der Waals surface area (Å²) in [7, 11) is 3.95. The number of aliphatic hydroxyl groups is 1. The van der Waals surface area contributed by atoms with Crippen molar-refractivity contribution in [1.29, 1.82) is 0 Å². The third kappa shape index (κ3) is 4.35. The van der Waals surface area contributed by atoms with Crippen LogP contribution in [0, 0.1) is 0 Å². The zero-order valence-electron chi connectivity index (χ0n) is 7.96. The van der Waals surface area contributed by atoms with Gasteiger partial charge < -0.3 is 10.4 Å². The summed E-state index contributed by atoms with van der Waals surface area (Å²) in [5, 5.41) is 12.3. The van der Waals surface area contributed by atoms with Crippen molar-refractivity contribution in [3.05, 3.63) is 0 Å². The van der Waals surface area contributed by atoms with E-state index in [1.54, 1.807) is 0 Å². The van der Waals surface area contributed by atoms with Crippen LogP contribution in [0.2, 0.25) is 0 Å². The number of likely N-dealkylation sites (N-methyl/N-ethyl adjacent to an activating group) is 2. The van der Waals surface area contributed by atoms with Crippen molar-refractivity contribution in [1.82, 2.24) is 10.2 Å². The van der Waals surface area contributed by atoms with Gasteiger partial charge in [-0.2, -0.15) is 0 Å². The molecule has 2 N–H and O–H groups in total. The second kappa shape index (κ2) is 5.52. The Labute approximate surface area is 69.4 Å². The average Bonchev–Trinajstić information content (AvgIpc) is 1.98. The molecule has 0 fully saturated rings. The highest BCUT2D eigenvalue weighted by Crippen LogP contribution is 1.99. The highest BCUT2D eigenvalue weighted by atomic mass is 16.3. The second-order valence-corrected chi connectivity index (χ2v) is 3.07. The van der Waals surface area contributed by atoms with Crippen molar-refractivity contribution in [2.24, 2.45) is 0 Å². The minimum Gasteiger partial charge on any atom is -0.392 e. The molecular weight excluding hydrogens is 140 g/mol. The first kappa shape index (κ1) is 10.9. The summed E-state index contributed by atoms with van der Waals surface area (Å²) in [5.74, 6) is 0. The van der Waals surface area contributed by atoms with E-state index < -0.39 is 0 Å². The lowest BCUT2D eigenvalue weighted by Crippen LogP contribution is -2.40. The minimum atomic E-state index is -0.253. The Hall–Kier alpha value is -0.120. The maximum atomic E-state index is 9.23. The average molecular weight is 160 g/mol. The smallest absolute Gasteiger partial charge is 0.0664 e. The van der Waals surface area contributed by atoms with E-state index in [1.807, 2.05) is 27.9 Å². The minimum absolute atomic E-state index is 0.239. The maximum Gasteiger partial charge on any atom is 0.0664 e. The predicted molar refractivity (Wildman–Crippen MR) is 47.7 cm³/mol. The molecule has 0 saturated carbocycles. The molecule has 0 aromatic rings. The molecule has 3 heteroatoms. The molecule has 0 aromatic carbocycles. The SMILES string of the molecule is CNCCN(C)C(C)C(C)O. The molecule has 2 unspecified atom stereocenters. The van der Waals surface area contributed by atoms with Gasteiger partial charge in [-0.25, -0.2) is 0 Å². The molecule has 0 heterocycles. The molecule has 11 heavy (non-hydrogen) atoms. The van der Waals surface area contributed by atoms with Crippen LogP contribution in [0.25, 0.3) is 0 Å². The third-order valence-electron chi connectivity index (χ3n) is 2.11. The lowest BCUT2D eigenvalue weighted by molar-refractivity contribution is 0.0875. The predicted octanol–water partition coefficient (Wildman–Crippen LogP) is -0.0931. The molecule has 0 rings (SSSR count). The van der Waals surface area contributed by atoms with E-state index >= 15 is 0 Å². The fourth-order valence-electron chi connectivity index (χ4n) is 0.860. The highest BCUT2D eigenvalue weighted by Gasteiger charge is 2.12. The van der Waals surface area contributed by atoms with Gasteiger partial charge in [0.05, 0.1) is 6.10 Å². The van der Waals surface area contributed by atoms with Crippen LogP contribution in [0.15, 0.2) is 0 Å². The number of aliphatic hydroxyl groups excluding tert-OH is 1. The van der Waals surface area contributed by atoms with Crippen LogP contribution in [0.1, 0.15) is 13.8 Å². The molecule has 0 amide bonds. The second-order valence-electron chi connectivity index (χ2n) is 3.07. The van der Waals surface area contributed by atoms with Crippen molar-refractivity contribution in [2.45, 2.75) is 26.0 Å². The van der Waals surface area contributed by atoms with E-state index in [-0.39, 0.29) is 12.1 Å². The largest absolute Gasteiger partial charge is 0.392 e. The summed E-state index contributed by atoms with van der Waals surface area (Å²) in [6.07, 6.45) is -0.253. The van der Waals surface area contributed by atoms with E-state index in [1.165, 1.54) is 0 Å². The summed E-state index contributed by atoms with van der Waals surface area (Å²) in [4.78, 5) is 2.14. The quantitative estimate of drug-likeness (QED) is 0.590. The molecule has 0 bridgehead atoms. The summed E-state index contributed by atoms with van der Waals surface area (Å²) < 4.78 is 0. The zero-order valence-corrected chi connectivity index (χ0v) is 7.96. The summed E-state index contributed by atoms with van der Waals surface area (Å²) in [6, 6.07) is 0.239. The Morgan fingerprint density at radius 1 is 1.45 bits per heavy atom. The number of hydrogen-bond donors (Lipinski definition) is 2. The van der Waals surface area contributed by atoms with Crippen molar-refractivity contribution < 1.29 is 5.11 Å². The van der Waals surface area contributed by atoms with Crippen molar-refractivity contribution in [3.8, 4) is 0 Å². The molecule has 0 spiro atoms. The van der Waals surface area contributed by atoms with Gasteiger partial charge in [0.15, 0.2) is 0 Å². The Bertz CT molecular complexity index is 96.1. The Morgan fingerprint density at radius 3 is 2.36 bits per heavy atom. The number of nitrogens with zero attached hydrogens (tertiary/aromatic N) is 1. The topological polar surface area (TPSA) is 35.5 Å². The Kier molecular flexibility index (Phi) is 5.46. The number of nitrogens with one attached hydrogen (secondary N) is 1. The standard InChI is InChI=1S/C8H20N2O/c1-7(8(2)11)10(4)6-5-9-3/h7-9,11H,5-6H2,1-4H3. The highest BCUT2D eigenvalue weighted by molar-refractivity contribution is 4.68. The van der Waals surface area contributed by atoms with Gasteiger partial charge in [-0.15, -0.1) is 0 Å². The van der Waals surface area contributed by atoms with Gasteiger partial charge in [0.25, 0.3) is 0 Å². The molecule has 68 valence electrons. The molecule has 2 atom stereocenters. The fourth-order valence-corrected chi connectivity index (χ4v) is 0.860. The lowest BCUT2D eigenvalue weighted by Gasteiger charge is -2.26.